The minimum Gasteiger partial charge on any atom is -0.480 e. The molecule has 8 nitrogen and oxygen atoms in total. The molecule has 0 aromatic rings. The summed E-state index contributed by atoms with van der Waals surface area (Å²) in [5.74, 6) is -2.13. The first-order chi connectivity index (χ1) is 12.8. The number of ether oxygens (including phenoxy) is 1. The van der Waals surface area contributed by atoms with Crippen molar-refractivity contribution < 1.29 is 29.0 Å². The van der Waals surface area contributed by atoms with Crippen LogP contribution >= 0.6 is 0 Å². The van der Waals surface area contributed by atoms with Gasteiger partial charge in [-0.15, -0.1) is 0 Å². The highest BCUT2D eigenvalue weighted by molar-refractivity contribution is 5.98. The number of carboxylic acid groups (broad SMARTS) is 1. The Bertz CT molecular complexity index is 593. The molecule has 0 aliphatic carbocycles. The highest BCUT2D eigenvalue weighted by atomic mass is 16.6. The molecule has 0 aromatic heterocycles. The molecule has 27 heavy (non-hydrogen) atoms. The predicted octanol–water partition coefficient (Wildman–Crippen LogP) is 1.12. The van der Waals surface area contributed by atoms with Gasteiger partial charge in [-0.1, -0.05) is 33.6 Å². The molecule has 2 fully saturated rings. The van der Waals surface area contributed by atoms with Crippen molar-refractivity contribution in [2.75, 3.05) is 6.54 Å². The molecule has 0 saturated carbocycles. The summed E-state index contributed by atoms with van der Waals surface area (Å²) in [7, 11) is 0. The Morgan fingerprint density at radius 1 is 1.22 bits per heavy atom. The van der Waals surface area contributed by atoms with Crippen molar-refractivity contribution in [1.82, 2.24) is 10.2 Å². The number of Topliss-reactive ketones (excluding diaryl/α,β-unsaturated/α-hetero) is 1. The van der Waals surface area contributed by atoms with E-state index >= 15 is 0 Å². The third kappa shape index (κ3) is 5.06. The minimum atomic E-state index is -1.03. The standard InChI is InChI=1S/C19H30N2O6/c1-4-6-9-13(22)15-16(27-15)17(23)20-14(11(3)5-2)18(24)21-10-7-8-12(21)19(25)26/h11-12,14-16H,4-10H2,1-3H3,(H,20,23)(H,25,26)/t11?,12-,14-,15+,16-/m0/s1. The number of unbranched alkanes of at least 4 members (excludes halogenated alkanes) is 1. The van der Waals surface area contributed by atoms with E-state index in [-0.39, 0.29) is 17.6 Å². The van der Waals surface area contributed by atoms with Gasteiger partial charge in [0.2, 0.25) is 5.91 Å². The number of amides is 2. The van der Waals surface area contributed by atoms with Crippen molar-refractivity contribution in [1.29, 1.82) is 0 Å². The number of nitrogens with one attached hydrogen (secondary N) is 1. The largest absolute Gasteiger partial charge is 0.480 e. The van der Waals surface area contributed by atoms with Crippen molar-refractivity contribution in [3.05, 3.63) is 0 Å². The summed E-state index contributed by atoms with van der Waals surface area (Å²) in [6.07, 6.45) is 2.16. The van der Waals surface area contributed by atoms with Crippen molar-refractivity contribution in [3.63, 3.8) is 0 Å². The first-order valence-corrected chi connectivity index (χ1v) is 9.83. The van der Waals surface area contributed by atoms with E-state index in [4.69, 9.17) is 4.74 Å². The number of carbonyl (C=O) groups is 4. The van der Waals surface area contributed by atoms with E-state index in [0.29, 0.717) is 32.2 Å². The predicted molar refractivity (Wildman–Crippen MR) is 96.9 cm³/mol. The molecule has 1 unspecified atom stereocenters. The number of rotatable bonds is 10. The van der Waals surface area contributed by atoms with Crippen LogP contribution in [0.15, 0.2) is 0 Å². The van der Waals surface area contributed by atoms with Gasteiger partial charge in [0.25, 0.3) is 5.91 Å². The average Bonchev–Trinajstić information content (AvgIpc) is 3.30. The maximum Gasteiger partial charge on any atom is 0.326 e. The molecule has 0 bridgehead atoms. The molecule has 2 rings (SSSR count). The lowest BCUT2D eigenvalue weighted by molar-refractivity contribution is -0.150. The zero-order valence-corrected chi connectivity index (χ0v) is 16.3. The van der Waals surface area contributed by atoms with E-state index in [1.54, 1.807) is 0 Å². The monoisotopic (exact) mass is 382 g/mol. The third-order valence-electron chi connectivity index (χ3n) is 5.44. The van der Waals surface area contributed by atoms with Crippen LogP contribution in [0.4, 0.5) is 0 Å². The fourth-order valence-corrected chi connectivity index (χ4v) is 3.43. The maximum atomic E-state index is 12.9. The number of carbonyl (C=O) groups excluding carboxylic acids is 3. The summed E-state index contributed by atoms with van der Waals surface area (Å²) < 4.78 is 5.24. The molecule has 2 amide bonds. The van der Waals surface area contributed by atoms with Crippen LogP contribution in [0.5, 0.6) is 0 Å². The van der Waals surface area contributed by atoms with Gasteiger partial charge < -0.3 is 20.1 Å². The fraction of sp³-hybridized carbons (Fsp3) is 0.789. The Balaban J connectivity index is 2.01. The first-order valence-electron chi connectivity index (χ1n) is 9.83. The Kier molecular flexibility index (Phi) is 7.35. The number of likely N-dealkylation sites (tertiary alicyclic amines) is 1. The van der Waals surface area contributed by atoms with E-state index in [0.717, 1.165) is 12.8 Å². The molecule has 2 N–H and O–H groups in total. The van der Waals surface area contributed by atoms with E-state index in [2.05, 4.69) is 5.32 Å². The lowest BCUT2D eigenvalue weighted by Gasteiger charge is -2.30. The number of epoxide rings is 1. The van der Waals surface area contributed by atoms with Gasteiger partial charge in [-0.25, -0.2) is 4.79 Å². The number of ketones is 1. The van der Waals surface area contributed by atoms with Crippen molar-refractivity contribution in [2.45, 2.75) is 83.6 Å². The van der Waals surface area contributed by atoms with Gasteiger partial charge >= 0.3 is 5.97 Å². The van der Waals surface area contributed by atoms with Crippen LogP contribution in [0.25, 0.3) is 0 Å². The van der Waals surface area contributed by atoms with E-state index < -0.39 is 36.2 Å². The number of hydrogen-bond donors (Lipinski definition) is 2. The summed E-state index contributed by atoms with van der Waals surface area (Å²) in [6.45, 7) is 6.10. The van der Waals surface area contributed by atoms with Gasteiger partial charge in [0.1, 0.15) is 12.1 Å². The Labute approximate surface area is 159 Å². The number of nitrogens with zero attached hydrogens (tertiary/aromatic N) is 1. The zero-order chi connectivity index (χ0) is 20.1. The van der Waals surface area contributed by atoms with Gasteiger partial charge in [-0.05, 0) is 25.2 Å². The SMILES string of the molecule is CCCCC(=O)[C@H]1O[C@@H]1C(=O)N[C@H](C(=O)N1CCC[C@H]1C(=O)O)C(C)CC. The number of aliphatic carboxylic acids is 1. The Hall–Kier alpha value is -1.96. The quantitative estimate of drug-likeness (QED) is 0.547. The molecule has 8 heteroatoms. The lowest BCUT2D eigenvalue weighted by atomic mass is 9.97. The van der Waals surface area contributed by atoms with E-state index in [9.17, 15) is 24.3 Å². The Morgan fingerprint density at radius 2 is 1.93 bits per heavy atom. The second-order valence-corrected chi connectivity index (χ2v) is 7.45. The fourth-order valence-electron chi connectivity index (χ4n) is 3.43. The van der Waals surface area contributed by atoms with Crippen LogP contribution < -0.4 is 5.32 Å². The third-order valence-corrected chi connectivity index (χ3v) is 5.44. The molecule has 152 valence electrons. The second-order valence-electron chi connectivity index (χ2n) is 7.45. The van der Waals surface area contributed by atoms with Crippen LogP contribution in [-0.4, -0.2) is 64.4 Å². The normalized spacial score (nSPS) is 26.3. The molecule has 0 aromatic carbocycles. The van der Waals surface area contributed by atoms with Crippen LogP contribution in [-0.2, 0) is 23.9 Å². The van der Waals surface area contributed by atoms with Gasteiger partial charge in [0, 0.05) is 13.0 Å². The highest BCUT2D eigenvalue weighted by Crippen LogP contribution is 2.26. The summed E-state index contributed by atoms with van der Waals surface area (Å²) >= 11 is 0. The van der Waals surface area contributed by atoms with Gasteiger partial charge in [-0.2, -0.15) is 0 Å². The number of hydrogen-bond acceptors (Lipinski definition) is 5. The summed E-state index contributed by atoms with van der Waals surface area (Å²) in [5.41, 5.74) is 0. The smallest absolute Gasteiger partial charge is 0.326 e. The van der Waals surface area contributed by atoms with Crippen LogP contribution in [0, 0.1) is 5.92 Å². The van der Waals surface area contributed by atoms with Crippen LogP contribution in [0.2, 0.25) is 0 Å². The van der Waals surface area contributed by atoms with Gasteiger partial charge in [-0.3, -0.25) is 14.4 Å². The summed E-state index contributed by atoms with van der Waals surface area (Å²) in [4.78, 5) is 50.1. The molecule has 2 aliphatic rings. The minimum absolute atomic E-state index is 0.0890. The van der Waals surface area contributed by atoms with Gasteiger partial charge in [0.15, 0.2) is 18.0 Å². The zero-order valence-electron chi connectivity index (χ0n) is 16.3. The van der Waals surface area contributed by atoms with Gasteiger partial charge in [0.05, 0.1) is 0 Å². The molecular formula is C19H30N2O6. The topological polar surface area (TPSA) is 116 Å². The molecular weight excluding hydrogens is 352 g/mol. The van der Waals surface area contributed by atoms with Crippen LogP contribution in [0.1, 0.15) is 59.3 Å². The average molecular weight is 382 g/mol. The Morgan fingerprint density at radius 3 is 2.52 bits per heavy atom. The lowest BCUT2D eigenvalue weighted by Crippen LogP contribution is -2.55. The molecule has 5 atom stereocenters. The summed E-state index contributed by atoms with van der Waals surface area (Å²) in [6, 6.07) is -1.67. The maximum absolute atomic E-state index is 12.9. The second kappa shape index (κ2) is 9.30. The van der Waals surface area contributed by atoms with E-state index in [1.165, 1.54) is 4.90 Å². The highest BCUT2D eigenvalue weighted by Gasteiger charge is 2.50. The molecule has 2 aliphatic heterocycles. The number of carboxylic acids is 1. The van der Waals surface area contributed by atoms with E-state index in [1.807, 2.05) is 20.8 Å². The molecule has 2 heterocycles. The molecule has 0 spiro atoms. The van der Waals surface area contributed by atoms with Crippen molar-refractivity contribution in [2.24, 2.45) is 5.92 Å². The molecule has 2 saturated heterocycles. The summed E-state index contributed by atoms with van der Waals surface area (Å²) in [5, 5.41) is 12.0. The van der Waals surface area contributed by atoms with Crippen molar-refractivity contribution >= 4 is 23.6 Å². The molecule has 0 radical (unpaired) electrons. The van der Waals surface area contributed by atoms with Crippen LogP contribution in [0.3, 0.4) is 0 Å². The first kappa shape index (κ1) is 21.3. The van der Waals surface area contributed by atoms with Crippen molar-refractivity contribution in [3.8, 4) is 0 Å².